The van der Waals surface area contributed by atoms with Crippen molar-refractivity contribution >= 4 is 29.1 Å². The number of nitrogens with one attached hydrogen (secondary N) is 2. The van der Waals surface area contributed by atoms with Gasteiger partial charge in [0, 0.05) is 44.1 Å². The van der Waals surface area contributed by atoms with Crippen LogP contribution in [0.5, 0.6) is 0 Å². The fraction of sp³-hybridized carbons (Fsp3) is 0.278. The van der Waals surface area contributed by atoms with Gasteiger partial charge in [-0.2, -0.15) is 5.10 Å². The molecule has 2 heterocycles. The van der Waals surface area contributed by atoms with Crippen molar-refractivity contribution in [2.24, 2.45) is 0 Å². The van der Waals surface area contributed by atoms with Crippen LogP contribution in [0.25, 0.3) is 11.4 Å². The number of ether oxygens (including phenoxy) is 1. The first kappa shape index (κ1) is 18.2. The average molecular weight is 373 g/mol. The molecule has 0 atom stereocenters. The number of likely N-dealkylation sites (N-methyl/N-ethyl adjacent to an activating group) is 1. The predicted octanol–water partition coefficient (Wildman–Crippen LogP) is 3.65. The van der Waals surface area contributed by atoms with Crippen LogP contribution in [0.4, 0.5) is 17.5 Å². The number of benzene rings is 1. The molecule has 0 aliphatic rings. The number of anilines is 3. The maximum atomic E-state index is 6.34. The second-order valence-corrected chi connectivity index (χ2v) is 6.30. The lowest BCUT2D eigenvalue weighted by Crippen LogP contribution is -2.23. The molecule has 0 aliphatic carbocycles. The van der Waals surface area contributed by atoms with Crippen molar-refractivity contribution in [3.63, 3.8) is 0 Å². The predicted molar refractivity (Wildman–Crippen MR) is 104 cm³/mol. The van der Waals surface area contributed by atoms with E-state index in [0.717, 1.165) is 17.1 Å². The quantitative estimate of drug-likeness (QED) is 0.659. The molecule has 7 nitrogen and oxygen atoms in total. The third-order valence-electron chi connectivity index (χ3n) is 3.81. The topological polar surface area (TPSA) is 79.0 Å². The van der Waals surface area contributed by atoms with Gasteiger partial charge in [-0.25, -0.2) is 9.97 Å². The minimum Gasteiger partial charge on any atom is -0.383 e. The van der Waals surface area contributed by atoms with Crippen LogP contribution in [0.3, 0.4) is 0 Å². The number of halogens is 1. The summed E-state index contributed by atoms with van der Waals surface area (Å²) < 4.78 is 5.16. The van der Waals surface area contributed by atoms with Gasteiger partial charge in [0.1, 0.15) is 11.6 Å². The zero-order chi connectivity index (χ0) is 18.5. The van der Waals surface area contributed by atoms with E-state index in [9.17, 15) is 0 Å². The number of nitrogens with zero attached hydrogens (tertiary/aromatic N) is 4. The third-order valence-corrected chi connectivity index (χ3v) is 4.14. The third kappa shape index (κ3) is 4.30. The molecule has 2 N–H and O–H groups in total. The summed E-state index contributed by atoms with van der Waals surface area (Å²) in [6, 6.07) is 11.3. The molecular formula is C18H21ClN6O. The van der Waals surface area contributed by atoms with E-state index >= 15 is 0 Å². The van der Waals surface area contributed by atoms with Gasteiger partial charge in [-0.05, 0) is 19.1 Å². The molecule has 26 heavy (non-hydrogen) atoms. The van der Waals surface area contributed by atoms with E-state index in [1.165, 1.54) is 0 Å². The van der Waals surface area contributed by atoms with Gasteiger partial charge in [-0.3, -0.25) is 5.10 Å². The molecule has 3 aromatic rings. The highest BCUT2D eigenvalue weighted by Gasteiger charge is 2.13. The highest BCUT2D eigenvalue weighted by molar-refractivity contribution is 6.33. The second kappa shape index (κ2) is 8.16. The molecule has 0 amide bonds. The van der Waals surface area contributed by atoms with Crippen LogP contribution in [0, 0.1) is 6.92 Å². The summed E-state index contributed by atoms with van der Waals surface area (Å²) in [7, 11) is 3.64. The number of aromatic amines is 1. The van der Waals surface area contributed by atoms with Crippen LogP contribution in [0.2, 0.25) is 5.02 Å². The van der Waals surface area contributed by atoms with Crippen LogP contribution < -0.4 is 10.2 Å². The van der Waals surface area contributed by atoms with Gasteiger partial charge >= 0.3 is 0 Å². The van der Waals surface area contributed by atoms with E-state index in [1.54, 1.807) is 7.11 Å². The summed E-state index contributed by atoms with van der Waals surface area (Å²) in [6.07, 6.45) is 0. The zero-order valence-electron chi connectivity index (χ0n) is 15.0. The molecule has 0 aliphatic heterocycles. The van der Waals surface area contributed by atoms with E-state index in [0.29, 0.717) is 35.6 Å². The normalized spacial score (nSPS) is 10.8. The van der Waals surface area contributed by atoms with Gasteiger partial charge in [-0.1, -0.05) is 23.7 Å². The van der Waals surface area contributed by atoms with Crippen LogP contribution in [-0.4, -0.2) is 47.5 Å². The number of aromatic nitrogens is 4. The van der Waals surface area contributed by atoms with Crippen molar-refractivity contribution in [3.8, 4) is 11.4 Å². The molecule has 136 valence electrons. The number of aryl methyl sites for hydroxylation is 1. The van der Waals surface area contributed by atoms with Gasteiger partial charge in [0.05, 0.1) is 11.6 Å². The molecule has 0 radical (unpaired) electrons. The lowest BCUT2D eigenvalue weighted by Gasteiger charge is -2.19. The first-order chi connectivity index (χ1) is 12.6. The highest BCUT2D eigenvalue weighted by Crippen LogP contribution is 2.28. The van der Waals surface area contributed by atoms with Crippen LogP contribution in [-0.2, 0) is 4.74 Å². The summed E-state index contributed by atoms with van der Waals surface area (Å²) in [5.41, 5.74) is 1.74. The Bertz CT molecular complexity index is 882. The monoisotopic (exact) mass is 372 g/mol. The van der Waals surface area contributed by atoms with Gasteiger partial charge in [0.2, 0.25) is 0 Å². The molecule has 0 saturated carbocycles. The SMILES string of the molecule is COCCN(C)c1cc(Nc2cc(C)[nH]n2)nc(-c2ccccc2Cl)n1. The Morgan fingerprint density at radius 2 is 2.00 bits per heavy atom. The summed E-state index contributed by atoms with van der Waals surface area (Å²) in [4.78, 5) is 11.3. The van der Waals surface area contributed by atoms with E-state index < -0.39 is 0 Å². The molecule has 2 aromatic heterocycles. The Kier molecular flexibility index (Phi) is 5.70. The lowest BCUT2D eigenvalue weighted by atomic mass is 10.2. The Morgan fingerprint density at radius 3 is 2.69 bits per heavy atom. The van der Waals surface area contributed by atoms with E-state index in [4.69, 9.17) is 16.3 Å². The van der Waals surface area contributed by atoms with Crippen molar-refractivity contribution in [3.05, 3.63) is 47.1 Å². The maximum absolute atomic E-state index is 6.34. The molecule has 0 spiro atoms. The molecule has 0 fully saturated rings. The maximum Gasteiger partial charge on any atom is 0.165 e. The summed E-state index contributed by atoms with van der Waals surface area (Å²) in [5.74, 6) is 2.64. The summed E-state index contributed by atoms with van der Waals surface area (Å²) in [5, 5.41) is 10.9. The lowest BCUT2D eigenvalue weighted by molar-refractivity contribution is 0.206. The van der Waals surface area contributed by atoms with Crippen molar-refractivity contribution < 1.29 is 4.74 Å². The second-order valence-electron chi connectivity index (χ2n) is 5.89. The Hall–Kier alpha value is -2.64. The van der Waals surface area contributed by atoms with Gasteiger partial charge < -0.3 is 15.0 Å². The molecule has 1 aromatic carbocycles. The summed E-state index contributed by atoms with van der Waals surface area (Å²) >= 11 is 6.34. The first-order valence-electron chi connectivity index (χ1n) is 8.20. The molecule has 8 heteroatoms. The van der Waals surface area contributed by atoms with Gasteiger partial charge in [0.25, 0.3) is 0 Å². The Balaban J connectivity index is 2.00. The van der Waals surface area contributed by atoms with Crippen molar-refractivity contribution in [2.45, 2.75) is 6.92 Å². The summed E-state index contributed by atoms with van der Waals surface area (Å²) in [6.45, 7) is 3.25. The van der Waals surface area contributed by atoms with Gasteiger partial charge in [0.15, 0.2) is 11.6 Å². The minimum atomic E-state index is 0.548. The van der Waals surface area contributed by atoms with E-state index in [2.05, 4.69) is 25.5 Å². The molecule has 0 unspecified atom stereocenters. The first-order valence-corrected chi connectivity index (χ1v) is 8.57. The average Bonchev–Trinajstić information content (AvgIpc) is 3.04. The van der Waals surface area contributed by atoms with Crippen molar-refractivity contribution in [2.75, 3.05) is 37.5 Å². The minimum absolute atomic E-state index is 0.548. The fourth-order valence-electron chi connectivity index (χ4n) is 2.41. The largest absolute Gasteiger partial charge is 0.383 e. The smallest absolute Gasteiger partial charge is 0.165 e. The number of hydrogen-bond acceptors (Lipinski definition) is 6. The van der Waals surface area contributed by atoms with Crippen molar-refractivity contribution in [1.82, 2.24) is 20.2 Å². The van der Waals surface area contributed by atoms with E-state index in [1.807, 2.05) is 55.3 Å². The zero-order valence-corrected chi connectivity index (χ0v) is 15.7. The van der Waals surface area contributed by atoms with Crippen LogP contribution in [0.1, 0.15) is 5.69 Å². The van der Waals surface area contributed by atoms with Crippen LogP contribution >= 0.6 is 11.6 Å². The Morgan fingerprint density at radius 1 is 1.19 bits per heavy atom. The van der Waals surface area contributed by atoms with Crippen LogP contribution in [0.15, 0.2) is 36.4 Å². The fourth-order valence-corrected chi connectivity index (χ4v) is 2.63. The molecular weight excluding hydrogens is 352 g/mol. The standard InChI is InChI=1S/C18H21ClN6O/c1-12-10-16(24-23-12)20-15-11-17(25(2)8-9-26-3)22-18(21-15)13-6-4-5-7-14(13)19/h4-7,10-11H,8-9H2,1-3H3,(H2,20,21,22,23,24). The number of rotatable bonds is 7. The molecule has 0 saturated heterocycles. The van der Waals surface area contributed by atoms with E-state index in [-0.39, 0.29) is 0 Å². The number of H-pyrrole nitrogens is 1. The number of hydrogen-bond donors (Lipinski definition) is 2. The number of methoxy groups -OCH3 is 1. The molecule has 3 rings (SSSR count). The Labute approximate surface area is 157 Å². The van der Waals surface area contributed by atoms with Crippen molar-refractivity contribution in [1.29, 1.82) is 0 Å². The van der Waals surface area contributed by atoms with Gasteiger partial charge in [-0.15, -0.1) is 0 Å². The molecule has 0 bridgehead atoms. The highest BCUT2D eigenvalue weighted by atomic mass is 35.5.